The van der Waals surface area contributed by atoms with Crippen LogP contribution in [0.15, 0.2) is 42.5 Å². The predicted molar refractivity (Wildman–Crippen MR) is 104 cm³/mol. The Morgan fingerprint density at radius 2 is 1.78 bits per heavy atom. The fourth-order valence-electron chi connectivity index (χ4n) is 3.10. The normalized spacial score (nSPS) is 14.7. The van der Waals surface area contributed by atoms with E-state index in [0.29, 0.717) is 12.1 Å². The van der Waals surface area contributed by atoms with Crippen LogP contribution in [0.5, 0.6) is 5.75 Å². The molecule has 0 aliphatic carbocycles. The Labute approximate surface area is 159 Å². The third-order valence-corrected chi connectivity index (χ3v) is 4.58. The van der Waals surface area contributed by atoms with Gasteiger partial charge in [-0.05, 0) is 69.2 Å². The number of hydrogen-bond acceptors (Lipinski definition) is 4. The summed E-state index contributed by atoms with van der Waals surface area (Å²) in [5.74, 6) is 0.0894. The number of anilines is 1. The van der Waals surface area contributed by atoms with Gasteiger partial charge in [0.1, 0.15) is 11.4 Å². The van der Waals surface area contributed by atoms with E-state index in [1.807, 2.05) is 58.0 Å². The lowest BCUT2D eigenvalue weighted by atomic mass is 10.0. The van der Waals surface area contributed by atoms with E-state index >= 15 is 0 Å². The van der Waals surface area contributed by atoms with E-state index in [0.717, 1.165) is 22.6 Å². The van der Waals surface area contributed by atoms with E-state index in [9.17, 15) is 9.59 Å². The van der Waals surface area contributed by atoms with E-state index in [2.05, 4.69) is 0 Å². The Hall–Kier alpha value is -2.82. The molecule has 1 unspecified atom stereocenters. The van der Waals surface area contributed by atoms with Crippen molar-refractivity contribution < 1.29 is 19.1 Å². The maximum Gasteiger partial charge on any atom is 0.313 e. The van der Waals surface area contributed by atoms with E-state index in [1.165, 1.54) is 0 Å². The molecule has 1 aliphatic rings. The summed E-state index contributed by atoms with van der Waals surface area (Å²) in [6.07, 6.45) is 0. The summed E-state index contributed by atoms with van der Waals surface area (Å²) in [7, 11) is 1.61. The number of methoxy groups -OCH3 is 1. The first-order chi connectivity index (χ1) is 12.7. The van der Waals surface area contributed by atoms with E-state index in [-0.39, 0.29) is 17.8 Å². The van der Waals surface area contributed by atoms with Gasteiger partial charge in [-0.1, -0.05) is 12.1 Å². The number of benzene rings is 2. The minimum Gasteiger partial charge on any atom is -0.497 e. The maximum absolute atomic E-state index is 12.7. The third kappa shape index (κ3) is 3.97. The summed E-state index contributed by atoms with van der Waals surface area (Å²) in [5.41, 5.74) is 2.79. The molecule has 0 N–H and O–H groups in total. The van der Waals surface area contributed by atoms with E-state index < -0.39 is 5.60 Å². The van der Waals surface area contributed by atoms with Crippen LogP contribution >= 0.6 is 0 Å². The summed E-state index contributed by atoms with van der Waals surface area (Å²) in [6.45, 7) is 7.89. The number of nitrogens with zero attached hydrogens (tertiary/aromatic N) is 1. The zero-order valence-electron chi connectivity index (χ0n) is 16.4. The van der Waals surface area contributed by atoms with Crippen LogP contribution < -0.4 is 9.64 Å². The highest BCUT2D eigenvalue weighted by Crippen LogP contribution is 2.31. The highest BCUT2D eigenvalue weighted by molar-refractivity contribution is 6.10. The molecule has 3 rings (SSSR count). The molecule has 0 aromatic heterocycles. The van der Waals surface area contributed by atoms with Crippen molar-refractivity contribution in [2.75, 3.05) is 12.0 Å². The quantitative estimate of drug-likeness (QED) is 0.756. The van der Waals surface area contributed by atoms with Crippen molar-refractivity contribution in [3.63, 3.8) is 0 Å². The Bertz CT molecular complexity index is 865. The smallest absolute Gasteiger partial charge is 0.313 e. The summed E-state index contributed by atoms with van der Waals surface area (Å²) in [5, 5.41) is 0. The maximum atomic E-state index is 12.7. The molecule has 142 valence electrons. The summed E-state index contributed by atoms with van der Waals surface area (Å²) >= 11 is 0. The highest BCUT2D eigenvalue weighted by atomic mass is 16.6. The number of amides is 1. The Balaban J connectivity index is 1.76. The largest absolute Gasteiger partial charge is 0.497 e. The Kier molecular flexibility index (Phi) is 4.96. The lowest BCUT2D eigenvalue weighted by molar-refractivity contribution is -0.156. The second-order valence-electron chi connectivity index (χ2n) is 7.76. The van der Waals surface area contributed by atoms with E-state index in [4.69, 9.17) is 9.47 Å². The van der Waals surface area contributed by atoms with Crippen LogP contribution in [0.3, 0.4) is 0 Å². The number of carbonyl (C=O) groups excluding carboxylic acids is 2. The van der Waals surface area contributed by atoms with Gasteiger partial charge in [0.2, 0.25) is 0 Å². The molecule has 27 heavy (non-hydrogen) atoms. The molecule has 0 spiro atoms. The molecule has 1 aliphatic heterocycles. The van der Waals surface area contributed by atoms with Gasteiger partial charge in [-0.2, -0.15) is 0 Å². The first-order valence-corrected chi connectivity index (χ1v) is 9.01. The van der Waals surface area contributed by atoms with E-state index in [1.54, 1.807) is 24.1 Å². The molecule has 0 radical (unpaired) electrons. The number of ether oxygens (including phenoxy) is 2. The molecule has 5 heteroatoms. The molecule has 1 atom stereocenters. The standard InChI is InChI=1S/C22H25NO4/c1-14(21(25)27-22(2,3)4)15-6-8-17(9-7-15)23-13-16-12-18(26-5)10-11-19(16)20(23)24/h6-12,14H,13H2,1-5H3. The van der Waals surface area contributed by atoms with Gasteiger partial charge in [0.15, 0.2) is 0 Å². The fraction of sp³-hybridized carbons (Fsp3) is 0.364. The number of esters is 1. The molecule has 1 heterocycles. The average molecular weight is 367 g/mol. The monoisotopic (exact) mass is 367 g/mol. The number of hydrogen-bond donors (Lipinski definition) is 0. The van der Waals surface area contributed by atoms with Crippen LogP contribution in [0.4, 0.5) is 5.69 Å². The second kappa shape index (κ2) is 7.06. The Morgan fingerprint density at radius 3 is 2.37 bits per heavy atom. The number of rotatable bonds is 4. The highest BCUT2D eigenvalue weighted by Gasteiger charge is 2.29. The van der Waals surface area contributed by atoms with Gasteiger partial charge in [0.05, 0.1) is 19.6 Å². The van der Waals surface area contributed by atoms with Gasteiger partial charge >= 0.3 is 5.97 Å². The molecule has 5 nitrogen and oxygen atoms in total. The molecule has 0 bridgehead atoms. The minimum atomic E-state index is -0.514. The van der Waals surface area contributed by atoms with Gasteiger partial charge in [0, 0.05) is 11.3 Å². The molecule has 0 saturated carbocycles. The first kappa shape index (κ1) is 19.0. The van der Waals surface area contributed by atoms with Crippen LogP contribution in [0.25, 0.3) is 0 Å². The van der Waals surface area contributed by atoms with Crippen molar-refractivity contribution in [2.24, 2.45) is 0 Å². The van der Waals surface area contributed by atoms with Crippen molar-refractivity contribution in [3.8, 4) is 5.75 Å². The summed E-state index contributed by atoms with van der Waals surface area (Å²) in [6, 6.07) is 13.0. The lowest BCUT2D eigenvalue weighted by Crippen LogP contribution is -2.27. The third-order valence-electron chi connectivity index (χ3n) is 4.58. The number of carbonyl (C=O) groups is 2. The van der Waals surface area contributed by atoms with Crippen molar-refractivity contribution in [3.05, 3.63) is 59.2 Å². The zero-order chi connectivity index (χ0) is 19.8. The first-order valence-electron chi connectivity index (χ1n) is 9.01. The summed E-state index contributed by atoms with van der Waals surface area (Å²) in [4.78, 5) is 26.7. The molecule has 1 amide bonds. The van der Waals surface area contributed by atoms with Crippen LogP contribution in [0.2, 0.25) is 0 Å². The van der Waals surface area contributed by atoms with Gasteiger partial charge in [-0.3, -0.25) is 9.59 Å². The van der Waals surface area contributed by atoms with Crippen LogP contribution in [0.1, 0.15) is 55.1 Å². The second-order valence-corrected chi connectivity index (χ2v) is 7.76. The van der Waals surface area contributed by atoms with Crippen molar-refractivity contribution >= 4 is 17.6 Å². The number of fused-ring (bicyclic) bond motifs is 1. The van der Waals surface area contributed by atoms with Crippen molar-refractivity contribution in [1.29, 1.82) is 0 Å². The molecule has 0 fully saturated rings. The predicted octanol–water partition coefficient (Wildman–Crippen LogP) is 4.30. The zero-order valence-corrected chi connectivity index (χ0v) is 16.4. The average Bonchev–Trinajstić information content (AvgIpc) is 2.95. The molecule has 0 saturated heterocycles. The van der Waals surface area contributed by atoms with Crippen LogP contribution in [-0.4, -0.2) is 24.6 Å². The van der Waals surface area contributed by atoms with Crippen molar-refractivity contribution in [2.45, 2.75) is 45.8 Å². The van der Waals surface area contributed by atoms with Gasteiger partial charge in [0.25, 0.3) is 5.91 Å². The van der Waals surface area contributed by atoms with Gasteiger partial charge < -0.3 is 14.4 Å². The topological polar surface area (TPSA) is 55.8 Å². The minimum absolute atomic E-state index is 0.0272. The molecule has 2 aromatic rings. The van der Waals surface area contributed by atoms with Crippen molar-refractivity contribution in [1.82, 2.24) is 0 Å². The molecule has 2 aromatic carbocycles. The van der Waals surface area contributed by atoms with Crippen LogP contribution in [0, 0.1) is 0 Å². The molecular weight excluding hydrogens is 342 g/mol. The fourth-order valence-corrected chi connectivity index (χ4v) is 3.10. The van der Waals surface area contributed by atoms with Gasteiger partial charge in [-0.15, -0.1) is 0 Å². The van der Waals surface area contributed by atoms with Crippen LogP contribution in [-0.2, 0) is 16.1 Å². The Morgan fingerprint density at radius 1 is 1.11 bits per heavy atom. The van der Waals surface area contributed by atoms with Gasteiger partial charge in [-0.25, -0.2) is 0 Å². The SMILES string of the molecule is COc1ccc2c(c1)CN(c1ccc(C(C)C(=O)OC(C)(C)C)cc1)C2=O. The molecular formula is C22H25NO4. The summed E-state index contributed by atoms with van der Waals surface area (Å²) < 4.78 is 10.7. The lowest BCUT2D eigenvalue weighted by Gasteiger charge is -2.23.